The lowest BCUT2D eigenvalue weighted by Gasteiger charge is -2.30. The van der Waals surface area contributed by atoms with E-state index in [1.54, 1.807) is 4.68 Å². The van der Waals surface area contributed by atoms with Gasteiger partial charge in [0.1, 0.15) is 0 Å². The molecule has 19 heavy (non-hydrogen) atoms. The molecule has 1 heterocycles. The van der Waals surface area contributed by atoms with E-state index in [0.29, 0.717) is 6.54 Å². The molecule has 1 rings (SSSR count). The number of hydrogen-bond acceptors (Lipinski definition) is 3. The Morgan fingerprint density at radius 1 is 1.53 bits per heavy atom. The van der Waals surface area contributed by atoms with Crippen LogP contribution in [0.5, 0.6) is 0 Å². The summed E-state index contributed by atoms with van der Waals surface area (Å²) >= 11 is 0. The third kappa shape index (κ3) is 3.15. The minimum Gasteiger partial charge on any atom is -0.349 e. The third-order valence-electron chi connectivity index (χ3n) is 4.09. The quantitative estimate of drug-likeness (QED) is 0.822. The highest BCUT2D eigenvalue weighted by Crippen LogP contribution is 2.27. The highest BCUT2D eigenvalue weighted by Gasteiger charge is 2.34. The van der Waals surface area contributed by atoms with Crippen LogP contribution in [0, 0.1) is 12.3 Å². The van der Waals surface area contributed by atoms with Gasteiger partial charge in [-0.25, -0.2) is 0 Å². The first-order chi connectivity index (χ1) is 8.90. The summed E-state index contributed by atoms with van der Waals surface area (Å²) in [5.74, 6) is 0.0377. The number of amides is 1. The van der Waals surface area contributed by atoms with Crippen LogP contribution < -0.4 is 11.1 Å². The normalized spacial score (nSPS) is 13.4. The van der Waals surface area contributed by atoms with Crippen LogP contribution in [0.15, 0.2) is 6.20 Å². The van der Waals surface area contributed by atoms with E-state index in [1.165, 1.54) is 0 Å². The highest BCUT2D eigenvalue weighted by molar-refractivity contribution is 5.83. The summed E-state index contributed by atoms with van der Waals surface area (Å²) in [6.07, 6.45) is 3.46. The van der Waals surface area contributed by atoms with Crippen molar-refractivity contribution in [2.45, 2.75) is 46.6 Å². The topological polar surface area (TPSA) is 72.9 Å². The maximum atomic E-state index is 12.4. The highest BCUT2D eigenvalue weighted by atomic mass is 16.2. The Kier molecular flexibility index (Phi) is 5.11. The van der Waals surface area contributed by atoms with Gasteiger partial charge in [-0.15, -0.1) is 0 Å². The summed E-state index contributed by atoms with van der Waals surface area (Å²) in [5, 5.41) is 7.37. The summed E-state index contributed by atoms with van der Waals surface area (Å²) in [5.41, 5.74) is 7.34. The fourth-order valence-electron chi connectivity index (χ4n) is 2.42. The van der Waals surface area contributed by atoms with Crippen molar-refractivity contribution in [3.8, 4) is 0 Å². The van der Waals surface area contributed by atoms with Gasteiger partial charge in [0.05, 0.1) is 17.2 Å². The molecule has 108 valence electrons. The molecule has 0 saturated heterocycles. The number of nitrogens with zero attached hydrogens (tertiary/aromatic N) is 2. The molecule has 0 fully saturated rings. The van der Waals surface area contributed by atoms with Gasteiger partial charge < -0.3 is 11.1 Å². The van der Waals surface area contributed by atoms with Crippen LogP contribution in [0.1, 0.15) is 50.9 Å². The average molecular weight is 266 g/mol. The van der Waals surface area contributed by atoms with Crippen LogP contribution in [0.3, 0.4) is 0 Å². The van der Waals surface area contributed by atoms with Crippen LogP contribution in [-0.4, -0.2) is 22.2 Å². The molecule has 0 aliphatic rings. The fraction of sp³-hybridized carbons (Fsp3) is 0.714. The second kappa shape index (κ2) is 6.19. The molecule has 0 radical (unpaired) electrons. The van der Waals surface area contributed by atoms with E-state index in [2.05, 4.69) is 10.4 Å². The molecular weight excluding hydrogens is 240 g/mol. The molecule has 1 amide bonds. The van der Waals surface area contributed by atoms with E-state index in [1.807, 2.05) is 40.9 Å². The van der Waals surface area contributed by atoms with Gasteiger partial charge in [0, 0.05) is 25.4 Å². The number of nitrogens with two attached hydrogens (primary N) is 1. The van der Waals surface area contributed by atoms with Crippen molar-refractivity contribution < 1.29 is 4.79 Å². The number of hydrogen-bond donors (Lipinski definition) is 2. The Labute approximate surface area is 115 Å². The Bertz CT molecular complexity index is 426. The van der Waals surface area contributed by atoms with Gasteiger partial charge in [-0.1, -0.05) is 13.8 Å². The van der Waals surface area contributed by atoms with Gasteiger partial charge in [-0.05, 0) is 26.7 Å². The fourth-order valence-corrected chi connectivity index (χ4v) is 2.42. The molecule has 0 aliphatic heterocycles. The number of aromatic nitrogens is 2. The first-order valence-electron chi connectivity index (χ1n) is 6.91. The van der Waals surface area contributed by atoms with Crippen molar-refractivity contribution in [3.63, 3.8) is 0 Å². The molecule has 1 aromatic heterocycles. The van der Waals surface area contributed by atoms with Crippen LogP contribution >= 0.6 is 0 Å². The minimum absolute atomic E-state index is 0.0377. The van der Waals surface area contributed by atoms with E-state index in [0.717, 1.165) is 24.1 Å². The summed E-state index contributed by atoms with van der Waals surface area (Å²) < 4.78 is 1.77. The first kappa shape index (κ1) is 15.7. The molecule has 1 aromatic rings. The van der Waals surface area contributed by atoms with Crippen molar-refractivity contribution in [1.29, 1.82) is 0 Å². The van der Waals surface area contributed by atoms with Crippen LogP contribution in [0.2, 0.25) is 0 Å². The lowest BCUT2D eigenvalue weighted by atomic mass is 9.81. The summed E-state index contributed by atoms with van der Waals surface area (Å²) in [4.78, 5) is 12.4. The molecule has 0 aliphatic carbocycles. The molecule has 1 unspecified atom stereocenters. The van der Waals surface area contributed by atoms with E-state index in [9.17, 15) is 4.79 Å². The Balaban J connectivity index is 2.84. The molecular formula is C14H26N4O. The molecule has 1 atom stereocenters. The van der Waals surface area contributed by atoms with Gasteiger partial charge in [-0.3, -0.25) is 9.48 Å². The Morgan fingerprint density at radius 3 is 2.47 bits per heavy atom. The number of carbonyl (C=O) groups is 1. The van der Waals surface area contributed by atoms with Crippen molar-refractivity contribution in [2.24, 2.45) is 18.2 Å². The number of aryl methyl sites for hydroxylation is 2. The largest absolute Gasteiger partial charge is 0.349 e. The van der Waals surface area contributed by atoms with Gasteiger partial charge in [0.2, 0.25) is 5.91 Å². The molecule has 0 saturated carbocycles. The Hall–Kier alpha value is -1.36. The zero-order valence-electron chi connectivity index (χ0n) is 12.7. The molecule has 0 spiro atoms. The Morgan fingerprint density at radius 2 is 2.11 bits per heavy atom. The number of nitrogens with one attached hydrogen (secondary N) is 1. The zero-order chi connectivity index (χ0) is 14.6. The predicted molar refractivity (Wildman–Crippen MR) is 76.6 cm³/mol. The first-order valence-corrected chi connectivity index (χ1v) is 6.91. The maximum Gasteiger partial charge on any atom is 0.227 e. The van der Waals surface area contributed by atoms with Crippen molar-refractivity contribution in [1.82, 2.24) is 15.1 Å². The van der Waals surface area contributed by atoms with Gasteiger partial charge in [-0.2, -0.15) is 5.10 Å². The van der Waals surface area contributed by atoms with Crippen molar-refractivity contribution >= 4 is 5.91 Å². The average Bonchev–Trinajstić information content (AvgIpc) is 2.71. The standard InChI is InChI=1S/C14H26N4O/c1-6-14(7-2,9-15)13(19)16-10(3)12-8-18(5)17-11(12)4/h8,10H,6-7,9,15H2,1-5H3,(H,16,19). The second-order valence-corrected chi connectivity index (χ2v) is 5.23. The SMILES string of the molecule is CCC(CC)(CN)C(=O)NC(C)c1cn(C)nc1C. The lowest BCUT2D eigenvalue weighted by Crippen LogP contribution is -2.46. The van der Waals surface area contributed by atoms with Gasteiger partial charge >= 0.3 is 0 Å². The number of rotatable bonds is 6. The second-order valence-electron chi connectivity index (χ2n) is 5.23. The maximum absolute atomic E-state index is 12.4. The molecule has 5 nitrogen and oxygen atoms in total. The van der Waals surface area contributed by atoms with E-state index >= 15 is 0 Å². The van der Waals surface area contributed by atoms with E-state index in [4.69, 9.17) is 5.73 Å². The van der Waals surface area contributed by atoms with Gasteiger partial charge in [0.25, 0.3) is 0 Å². The lowest BCUT2D eigenvalue weighted by molar-refractivity contribution is -0.131. The van der Waals surface area contributed by atoms with Crippen molar-refractivity contribution in [3.05, 3.63) is 17.5 Å². The van der Waals surface area contributed by atoms with E-state index in [-0.39, 0.29) is 11.9 Å². The van der Waals surface area contributed by atoms with Gasteiger partial charge in [0.15, 0.2) is 0 Å². The molecule has 0 aromatic carbocycles. The summed E-state index contributed by atoms with van der Waals surface area (Å²) in [6, 6.07) is -0.0507. The molecule has 3 N–H and O–H groups in total. The van der Waals surface area contributed by atoms with E-state index < -0.39 is 5.41 Å². The third-order valence-corrected chi connectivity index (χ3v) is 4.09. The predicted octanol–water partition coefficient (Wildman–Crippen LogP) is 1.67. The summed E-state index contributed by atoms with van der Waals surface area (Å²) in [6.45, 7) is 8.33. The monoisotopic (exact) mass is 266 g/mol. The zero-order valence-corrected chi connectivity index (χ0v) is 12.7. The minimum atomic E-state index is -0.454. The number of carbonyl (C=O) groups excluding carboxylic acids is 1. The summed E-state index contributed by atoms with van der Waals surface area (Å²) in [7, 11) is 1.88. The smallest absolute Gasteiger partial charge is 0.227 e. The molecule has 0 bridgehead atoms. The van der Waals surface area contributed by atoms with Crippen molar-refractivity contribution in [2.75, 3.05) is 6.54 Å². The van der Waals surface area contributed by atoms with Crippen LogP contribution in [0.4, 0.5) is 0 Å². The van der Waals surface area contributed by atoms with Crippen LogP contribution in [-0.2, 0) is 11.8 Å². The van der Waals surface area contributed by atoms with Crippen LogP contribution in [0.25, 0.3) is 0 Å². The molecule has 5 heteroatoms.